The maximum Gasteiger partial charge on any atom is 0.0987 e. The fourth-order valence-electron chi connectivity index (χ4n) is 1.33. The minimum Gasteiger partial charge on any atom is -0.315 e. The second kappa shape index (κ2) is 5.45. The molecule has 0 bridgehead atoms. The van der Waals surface area contributed by atoms with Crippen LogP contribution < -0.4 is 21.4 Å². The summed E-state index contributed by atoms with van der Waals surface area (Å²) in [6.45, 7) is 4.72. The number of hydrogen-bond acceptors (Lipinski definition) is 5. The molecule has 12 heavy (non-hydrogen) atoms. The van der Waals surface area contributed by atoms with E-state index in [9.17, 15) is 0 Å². The lowest BCUT2D eigenvalue weighted by molar-refractivity contribution is 0.0763. The Morgan fingerprint density at radius 2 is 2.42 bits per heavy atom. The first-order valence-electron chi connectivity index (χ1n) is 4.45. The van der Waals surface area contributed by atoms with E-state index in [-0.39, 0.29) is 12.2 Å². The van der Waals surface area contributed by atoms with Crippen LogP contribution in [0.25, 0.3) is 0 Å². The van der Waals surface area contributed by atoms with E-state index >= 15 is 0 Å². The van der Waals surface area contributed by atoms with Gasteiger partial charge in [-0.05, 0) is 13.0 Å². The molecule has 1 aliphatic rings. The molecular weight excluding hydrogens is 156 g/mol. The van der Waals surface area contributed by atoms with Crippen molar-refractivity contribution in [1.82, 2.24) is 21.4 Å². The van der Waals surface area contributed by atoms with E-state index in [4.69, 9.17) is 5.21 Å². The maximum absolute atomic E-state index is 8.78. The van der Waals surface area contributed by atoms with Gasteiger partial charge in [-0.2, -0.15) is 5.48 Å². The Balaban J connectivity index is 2.26. The third-order valence-electron chi connectivity index (χ3n) is 2.01. The van der Waals surface area contributed by atoms with Gasteiger partial charge in [-0.1, -0.05) is 6.92 Å². The smallest absolute Gasteiger partial charge is 0.0987 e. The van der Waals surface area contributed by atoms with Gasteiger partial charge in [-0.25, -0.2) is 0 Å². The Hall–Kier alpha value is -0.200. The summed E-state index contributed by atoms with van der Waals surface area (Å²) in [6, 6.07) is 0.253. The number of rotatable bonds is 4. The zero-order valence-electron chi connectivity index (χ0n) is 7.43. The van der Waals surface area contributed by atoms with Gasteiger partial charge in [-0.3, -0.25) is 5.32 Å². The Bertz CT molecular complexity index is 122. The normalized spacial score (nSPS) is 30.5. The predicted molar refractivity (Wildman–Crippen MR) is 46.8 cm³/mol. The lowest BCUT2D eigenvalue weighted by Gasteiger charge is -2.32. The third-order valence-corrected chi connectivity index (χ3v) is 2.01. The van der Waals surface area contributed by atoms with E-state index in [0.717, 1.165) is 26.2 Å². The van der Waals surface area contributed by atoms with Crippen molar-refractivity contribution < 1.29 is 5.21 Å². The van der Waals surface area contributed by atoms with Gasteiger partial charge in [0, 0.05) is 13.2 Å². The number of hydroxylamine groups is 1. The lowest BCUT2D eigenvalue weighted by atomic mass is 10.2. The summed E-state index contributed by atoms with van der Waals surface area (Å²) in [7, 11) is 0. The highest BCUT2D eigenvalue weighted by Gasteiger charge is 2.22. The summed E-state index contributed by atoms with van der Waals surface area (Å²) in [5, 5.41) is 18.4. The number of hydrogen-bond donors (Lipinski definition) is 5. The molecule has 1 aliphatic heterocycles. The average molecular weight is 174 g/mol. The Morgan fingerprint density at radius 3 is 3.08 bits per heavy atom. The molecule has 1 heterocycles. The van der Waals surface area contributed by atoms with E-state index in [2.05, 4.69) is 28.4 Å². The quantitative estimate of drug-likeness (QED) is 0.347. The Morgan fingerprint density at radius 1 is 1.58 bits per heavy atom. The maximum atomic E-state index is 8.78. The molecule has 1 saturated heterocycles. The summed E-state index contributed by atoms with van der Waals surface area (Å²) in [5.41, 5.74) is 2.25. The summed E-state index contributed by atoms with van der Waals surface area (Å²) < 4.78 is 0. The van der Waals surface area contributed by atoms with Crippen molar-refractivity contribution in [1.29, 1.82) is 0 Å². The molecule has 0 amide bonds. The zero-order valence-corrected chi connectivity index (χ0v) is 7.43. The number of nitrogens with one attached hydrogen (secondary N) is 4. The second-order valence-electron chi connectivity index (χ2n) is 3.00. The summed E-state index contributed by atoms with van der Waals surface area (Å²) >= 11 is 0. The van der Waals surface area contributed by atoms with E-state index < -0.39 is 0 Å². The van der Waals surface area contributed by atoms with Crippen molar-refractivity contribution in [2.75, 3.05) is 19.8 Å². The molecule has 0 saturated carbocycles. The molecule has 5 heteroatoms. The fourth-order valence-corrected chi connectivity index (χ4v) is 1.33. The molecule has 0 aliphatic carbocycles. The van der Waals surface area contributed by atoms with Crippen LogP contribution in [0.1, 0.15) is 13.3 Å². The lowest BCUT2D eigenvalue weighted by Crippen LogP contribution is -2.64. The highest BCUT2D eigenvalue weighted by Crippen LogP contribution is 1.92. The highest BCUT2D eigenvalue weighted by atomic mass is 16.5. The molecule has 2 atom stereocenters. The van der Waals surface area contributed by atoms with Gasteiger partial charge in [0.25, 0.3) is 0 Å². The minimum absolute atomic E-state index is 0.0437. The van der Waals surface area contributed by atoms with Crippen molar-refractivity contribution in [3.63, 3.8) is 0 Å². The Kier molecular flexibility index (Phi) is 4.49. The molecule has 0 aromatic heterocycles. The van der Waals surface area contributed by atoms with Crippen LogP contribution in [0.4, 0.5) is 0 Å². The third kappa shape index (κ3) is 2.69. The van der Waals surface area contributed by atoms with Gasteiger partial charge in [0.1, 0.15) is 0 Å². The van der Waals surface area contributed by atoms with Gasteiger partial charge >= 0.3 is 0 Å². The monoisotopic (exact) mass is 174 g/mol. The van der Waals surface area contributed by atoms with Gasteiger partial charge in [0.05, 0.1) is 12.2 Å². The zero-order chi connectivity index (χ0) is 8.81. The van der Waals surface area contributed by atoms with Gasteiger partial charge in [-0.15, -0.1) is 0 Å². The van der Waals surface area contributed by atoms with Crippen LogP contribution in [0.3, 0.4) is 0 Å². The van der Waals surface area contributed by atoms with E-state index in [1.165, 1.54) is 0 Å². The van der Waals surface area contributed by atoms with Gasteiger partial charge < -0.3 is 15.8 Å². The van der Waals surface area contributed by atoms with Crippen LogP contribution in [0.15, 0.2) is 0 Å². The molecule has 0 spiro atoms. The van der Waals surface area contributed by atoms with E-state index in [1.807, 2.05) is 0 Å². The van der Waals surface area contributed by atoms with Crippen LogP contribution in [-0.4, -0.2) is 37.2 Å². The second-order valence-corrected chi connectivity index (χ2v) is 3.00. The van der Waals surface area contributed by atoms with Gasteiger partial charge in [0.15, 0.2) is 0 Å². The van der Waals surface area contributed by atoms with Crippen molar-refractivity contribution in [3.05, 3.63) is 0 Å². The molecule has 2 unspecified atom stereocenters. The molecular formula is C7H18N4O. The first-order chi connectivity index (χ1) is 5.88. The predicted octanol–water partition coefficient (Wildman–Crippen LogP) is -1.19. The van der Waals surface area contributed by atoms with Crippen molar-refractivity contribution in [3.8, 4) is 0 Å². The molecule has 5 nitrogen and oxygen atoms in total. The minimum atomic E-state index is -0.0437. The molecule has 1 fully saturated rings. The summed E-state index contributed by atoms with van der Waals surface area (Å²) in [4.78, 5) is 0. The molecule has 5 N–H and O–H groups in total. The van der Waals surface area contributed by atoms with Crippen LogP contribution in [-0.2, 0) is 0 Å². The van der Waals surface area contributed by atoms with Crippen LogP contribution in [0.5, 0.6) is 0 Å². The summed E-state index contributed by atoms with van der Waals surface area (Å²) in [6.07, 6.45) is 1.06. The molecule has 0 radical (unpaired) electrons. The van der Waals surface area contributed by atoms with Crippen molar-refractivity contribution >= 4 is 0 Å². The largest absolute Gasteiger partial charge is 0.315 e. The van der Waals surface area contributed by atoms with Crippen LogP contribution >= 0.6 is 0 Å². The fraction of sp³-hybridized carbons (Fsp3) is 1.00. The molecule has 0 aromatic rings. The average Bonchev–Trinajstić information content (AvgIpc) is 2.15. The van der Waals surface area contributed by atoms with Gasteiger partial charge in [0.2, 0.25) is 0 Å². The molecule has 1 rings (SSSR count). The standard InChI is InChI=1S/C7H18N4O/c1-2-3-9-6-4-8-5-10-7(6)11-12/h6-12H,2-5H2,1H3. The van der Waals surface area contributed by atoms with E-state index in [1.54, 1.807) is 0 Å². The highest BCUT2D eigenvalue weighted by molar-refractivity contribution is 4.83. The first-order valence-corrected chi connectivity index (χ1v) is 4.45. The van der Waals surface area contributed by atoms with Crippen LogP contribution in [0.2, 0.25) is 0 Å². The first kappa shape index (κ1) is 9.88. The Labute approximate surface area is 72.9 Å². The molecule has 72 valence electrons. The van der Waals surface area contributed by atoms with Crippen LogP contribution in [0, 0.1) is 0 Å². The summed E-state index contributed by atoms with van der Waals surface area (Å²) in [5.74, 6) is 0. The van der Waals surface area contributed by atoms with Crippen molar-refractivity contribution in [2.45, 2.75) is 25.6 Å². The molecule has 0 aromatic carbocycles. The SMILES string of the molecule is CCCNC1CNCNC1NO. The van der Waals surface area contributed by atoms with E-state index in [0.29, 0.717) is 0 Å². The van der Waals surface area contributed by atoms with Crippen molar-refractivity contribution in [2.24, 2.45) is 0 Å². The topological polar surface area (TPSA) is 68.3 Å².